The van der Waals surface area contributed by atoms with Crippen LogP contribution in [0.15, 0.2) is 36.5 Å². The molecule has 4 heterocycles. The first-order valence-corrected chi connectivity index (χ1v) is 13.3. The zero-order chi connectivity index (χ0) is 27.7. The summed E-state index contributed by atoms with van der Waals surface area (Å²) in [4.78, 5) is 48.5. The van der Waals surface area contributed by atoms with Gasteiger partial charge in [-0.3, -0.25) is 19.2 Å². The fraction of sp³-hybridized carbons (Fsp3) is 0.280. The van der Waals surface area contributed by atoms with E-state index in [9.17, 15) is 19.6 Å². The predicted molar refractivity (Wildman–Crippen MR) is 142 cm³/mol. The molecule has 0 saturated carbocycles. The Labute approximate surface area is 232 Å². The van der Waals surface area contributed by atoms with E-state index in [2.05, 4.69) is 20.7 Å². The van der Waals surface area contributed by atoms with Crippen LogP contribution in [0.1, 0.15) is 32.0 Å². The molecule has 2 saturated heterocycles. The van der Waals surface area contributed by atoms with Crippen molar-refractivity contribution in [2.24, 2.45) is 0 Å². The Morgan fingerprint density at radius 2 is 2.08 bits per heavy atom. The monoisotopic (exact) mass is 567 g/mol. The van der Waals surface area contributed by atoms with Crippen molar-refractivity contribution in [3.05, 3.63) is 63.9 Å². The minimum Gasteiger partial charge on any atom is -0.472 e. The van der Waals surface area contributed by atoms with E-state index in [1.165, 1.54) is 30.1 Å². The fourth-order valence-electron chi connectivity index (χ4n) is 3.98. The molecule has 5 rings (SSSR count). The van der Waals surface area contributed by atoms with Crippen LogP contribution >= 0.6 is 23.4 Å². The maximum absolute atomic E-state index is 13.6. The van der Waals surface area contributed by atoms with Crippen molar-refractivity contribution in [2.45, 2.75) is 19.1 Å². The number of hydroxylamine groups is 2. The van der Waals surface area contributed by atoms with Crippen LogP contribution in [0.3, 0.4) is 0 Å². The highest BCUT2D eigenvalue weighted by molar-refractivity contribution is 8.00. The summed E-state index contributed by atoms with van der Waals surface area (Å²) < 4.78 is 7.17. The van der Waals surface area contributed by atoms with E-state index >= 15 is 0 Å². The number of nitrogens with zero attached hydrogens (tertiary/aromatic N) is 5. The van der Waals surface area contributed by atoms with Gasteiger partial charge in [-0.1, -0.05) is 11.6 Å². The van der Waals surface area contributed by atoms with Crippen LogP contribution in [-0.2, 0) is 9.63 Å². The van der Waals surface area contributed by atoms with Gasteiger partial charge in [0.05, 0.1) is 27.9 Å². The number of carbonyl (C=O) groups is 3. The Kier molecular flexibility index (Phi) is 7.42. The van der Waals surface area contributed by atoms with Crippen LogP contribution in [0.5, 0.6) is 5.88 Å². The summed E-state index contributed by atoms with van der Waals surface area (Å²) in [5.74, 6) is 0.374. The van der Waals surface area contributed by atoms with Gasteiger partial charge >= 0.3 is 0 Å². The summed E-state index contributed by atoms with van der Waals surface area (Å²) >= 11 is 8.09. The highest BCUT2D eigenvalue weighted by atomic mass is 35.5. The predicted octanol–water partition coefficient (Wildman–Crippen LogP) is 2.35. The third-order valence-corrected chi connectivity index (χ3v) is 7.56. The summed E-state index contributed by atoms with van der Waals surface area (Å²) in [6, 6.07) is 8.74. The first-order chi connectivity index (χ1) is 18.7. The Balaban J connectivity index is 1.49. The molecule has 2 aliphatic heterocycles. The molecule has 0 unspecified atom stereocenters. The van der Waals surface area contributed by atoms with E-state index in [1.54, 1.807) is 36.9 Å². The number of rotatable bonds is 7. The molecule has 0 radical (unpaired) electrons. The number of ether oxygens (including phenoxy) is 1. The Bertz CT molecular complexity index is 1520. The van der Waals surface area contributed by atoms with Gasteiger partial charge in [0, 0.05) is 30.8 Å². The molecule has 3 amide bonds. The van der Waals surface area contributed by atoms with Crippen molar-refractivity contribution in [3.63, 3.8) is 0 Å². The normalized spacial score (nSPS) is 16.9. The van der Waals surface area contributed by atoms with E-state index in [0.29, 0.717) is 5.56 Å². The van der Waals surface area contributed by atoms with Gasteiger partial charge in [-0.05, 0) is 36.8 Å². The number of thioether (sulfide) groups is 1. The smallest absolute Gasteiger partial charge is 0.274 e. The lowest BCUT2D eigenvalue weighted by Crippen LogP contribution is -2.42. The maximum atomic E-state index is 13.6. The van der Waals surface area contributed by atoms with Crippen molar-refractivity contribution < 1.29 is 24.0 Å². The zero-order valence-corrected chi connectivity index (χ0v) is 22.4. The number of benzene rings is 1. The molecule has 2 aromatic heterocycles. The SMILES string of the molecule is Cc1cc(C#N)cc(C(=O)N[C@@H]2CON(C)C2=O)c1NC(=O)c1cc(OC2CSC2)nn1-c1ncccc1Cl. The van der Waals surface area contributed by atoms with Gasteiger partial charge in [0.15, 0.2) is 5.82 Å². The molecule has 14 heteroatoms. The second-order valence-corrected chi connectivity index (χ2v) is 10.3. The number of hydrogen-bond acceptors (Lipinski definition) is 9. The third kappa shape index (κ3) is 5.40. The van der Waals surface area contributed by atoms with Crippen LogP contribution < -0.4 is 15.4 Å². The number of carbonyl (C=O) groups excluding carboxylic acids is 3. The van der Waals surface area contributed by atoms with E-state index in [1.807, 2.05) is 6.07 Å². The van der Waals surface area contributed by atoms with E-state index < -0.39 is 23.8 Å². The summed E-state index contributed by atoms with van der Waals surface area (Å²) in [6.45, 7) is 1.62. The number of amides is 3. The molecule has 2 aliphatic rings. The number of nitriles is 1. The lowest BCUT2D eigenvalue weighted by Gasteiger charge is -2.24. The Morgan fingerprint density at radius 1 is 1.28 bits per heavy atom. The number of aryl methyl sites for hydroxylation is 1. The first-order valence-electron chi connectivity index (χ1n) is 11.8. The van der Waals surface area contributed by atoms with Crippen LogP contribution in [-0.4, -0.2) is 74.9 Å². The average Bonchev–Trinajstić information content (AvgIpc) is 3.46. The summed E-state index contributed by atoms with van der Waals surface area (Å²) in [5.41, 5.74) is 0.902. The number of hydrogen-bond donors (Lipinski definition) is 2. The van der Waals surface area contributed by atoms with Gasteiger partial charge in [-0.25, -0.2) is 14.7 Å². The topological polar surface area (TPSA) is 151 Å². The maximum Gasteiger partial charge on any atom is 0.274 e. The van der Waals surface area contributed by atoms with Crippen LogP contribution in [0.4, 0.5) is 5.69 Å². The molecule has 1 aromatic carbocycles. The number of nitrogens with one attached hydrogen (secondary N) is 2. The molecular formula is C25H22ClN7O5S. The standard InChI is InChI=1S/C25H22ClN7O5S/c1-13-6-14(9-27)7-16(23(34)29-18-10-37-32(2)25(18)36)21(13)30-24(35)19-8-20(38-15-11-39-12-15)31-33(19)22-17(26)4-3-5-28-22/h3-8,15,18H,10-12H2,1-2H3,(H,29,34)(H,30,35)/t18-/m1/s1. The van der Waals surface area contributed by atoms with Gasteiger partial charge in [0.1, 0.15) is 24.4 Å². The quantitative estimate of drug-likeness (QED) is 0.438. The summed E-state index contributed by atoms with van der Waals surface area (Å²) in [5, 5.41) is 20.6. The lowest BCUT2D eigenvalue weighted by molar-refractivity contribution is -0.154. The number of pyridine rings is 1. The average molecular weight is 568 g/mol. The second kappa shape index (κ2) is 10.9. The van der Waals surface area contributed by atoms with Gasteiger partial charge in [-0.2, -0.15) is 17.0 Å². The van der Waals surface area contributed by atoms with E-state index in [4.69, 9.17) is 21.2 Å². The second-order valence-electron chi connectivity index (χ2n) is 8.80. The molecular weight excluding hydrogens is 546 g/mol. The van der Waals surface area contributed by atoms with Crippen molar-refractivity contribution in [1.82, 2.24) is 25.1 Å². The summed E-state index contributed by atoms with van der Waals surface area (Å²) in [6.07, 6.45) is 1.50. The van der Waals surface area contributed by atoms with Gasteiger partial charge in [0.25, 0.3) is 17.7 Å². The van der Waals surface area contributed by atoms with Crippen LogP contribution in [0.2, 0.25) is 5.02 Å². The molecule has 1 atom stereocenters. The molecule has 12 nitrogen and oxygen atoms in total. The molecule has 2 fully saturated rings. The Morgan fingerprint density at radius 3 is 2.72 bits per heavy atom. The van der Waals surface area contributed by atoms with Crippen LogP contribution in [0.25, 0.3) is 5.82 Å². The van der Waals surface area contributed by atoms with Crippen molar-refractivity contribution >= 4 is 46.8 Å². The Hall–Kier alpha value is -4.12. The number of anilines is 1. The number of halogens is 1. The minimum atomic E-state index is -0.908. The number of aromatic nitrogens is 3. The molecule has 0 bridgehead atoms. The molecule has 0 spiro atoms. The highest BCUT2D eigenvalue weighted by Crippen LogP contribution is 2.28. The van der Waals surface area contributed by atoms with Crippen LogP contribution in [0, 0.1) is 18.3 Å². The zero-order valence-electron chi connectivity index (χ0n) is 20.8. The molecule has 0 aliphatic carbocycles. The molecule has 3 aromatic rings. The molecule has 2 N–H and O–H groups in total. The van der Waals surface area contributed by atoms with Crippen molar-refractivity contribution in [1.29, 1.82) is 5.26 Å². The van der Waals surface area contributed by atoms with Crippen molar-refractivity contribution in [2.75, 3.05) is 30.5 Å². The summed E-state index contributed by atoms with van der Waals surface area (Å²) in [7, 11) is 1.44. The van der Waals surface area contributed by atoms with Crippen molar-refractivity contribution in [3.8, 4) is 17.8 Å². The lowest BCUT2D eigenvalue weighted by atomic mass is 10.0. The number of likely N-dealkylation sites (N-methyl/N-ethyl adjacent to an activating group) is 1. The highest BCUT2D eigenvalue weighted by Gasteiger charge is 2.33. The molecule has 39 heavy (non-hydrogen) atoms. The molecule has 200 valence electrons. The fourth-order valence-corrected chi connectivity index (χ4v) is 4.75. The third-order valence-electron chi connectivity index (χ3n) is 6.05. The van der Waals surface area contributed by atoms with E-state index in [-0.39, 0.29) is 51.9 Å². The van der Waals surface area contributed by atoms with Gasteiger partial charge in [-0.15, -0.1) is 5.10 Å². The van der Waals surface area contributed by atoms with Gasteiger partial charge in [0.2, 0.25) is 5.88 Å². The minimum absolute atomic E-state index is 0.00662. The van der Waals surface area contributed by atoms with Gasteiger partial charge < -0.3 is 15.4 Å². The largest absolute Gasteiger partial charge is 0.472 e. The first kappa shape index (κ1) is 26.5. The van der Waals surface area contributed by atoms with E-state index in [0.717, 1.165) is 16.6 Å².